The average molecular weight is 257 g/mol. The molecule has 1 N–H and O–H groups in total. The molecule has 1 aliphatic heterocycles. The summed E-state index contributed by atoms with van der Waals surface area (Å²) in [6.07, 6.45) is 1.91. The first-order chi connectivity index (χ1) is 9.10. The van der Waals surface area contributed by atoms with E-state index in [4.69, 9.17) is 5.26 Å². The maximum atomic E-state index is 11.3. The van der Waals surface area contributed by atoms with E-state index in [-0.39, 0.29) is 5.91 Å². The van der Waals surface area contributed by atoms with Crippen molar-refractivity contribution in [1.29, 1.82) is 5.26 Å². The second-order valence-electron chi connectivity index (χ2n) is 5.07. The number of piperidine rings is 1. The third-order valence-electron chi connectivity index (χ3n) is 3.67. The van der Waals surface area contributed by atoms with Gasteiger partial charge < -0.3 is 10.2 Å². The minimum atomic E-state index is 0.154. The maximum Gasteiger partial charge on any atom is 0.219 e. The van der Waals surface area contributed by atoms with Gasteiger partial charge in [-0.15, -0.1) is 0 Å². The van der Waals surface area contributed by atoms with Gasteiger partial charge in [0.1, 0.15) is 0 Å². The van der Waals surface area contributed by atoms with Crippen LogP contribution in [0, 0.1) is 18.3 Å². The SMILES string of the molecule is CC(=O)N1CCC(Nc2cc(C#N)ccc2C)CC1. The van der Waals surface area contributed by atoms with Crippen molar-refractivity contribution in [2.45, 2.75) is 32.7 Å². The third-order valence-corrected chi connectivity index (χ3v) is 3.67. The van der Waals surface area contributed by atoms with E-state index in [1.807, 2.05) is 30.0 Å². The predicted octanol–water partition coefficient (Wildman–Crippen LogP) is 2.29. The quantitative estimate of drug-likeness (QED) is 0.884. The van der Waals surface area contributed by atoms with Crippen LogP contribution in [0.25, 0.3) is 0 Å². The summed E-state index contributed by atoms with van der Waals surface area (Å²) in [6, 6.07) is 8.23. The monoisotopic (exact) mass is 257 g/mol. The van der Waals surface area contributed by atoms with Crippen LogP contribution in [0.1, 0.15) is 30.9 Å². The lowest BCUT2D eigenvalue weighted by molar-refractivity contribution is -0.129. The first-order valence-corrected chi connectivity index (χ1v) is 6.63. The molecule has 0 aromatic heterocycles. The van der Waals surface area contributed by atoms with E-state index >= 15 is 0 Å². The highest BCUT2D eigenvalue weighted by molar-refractivity contribution is 5.73. The number of amides is 1. The molecule has 1 saturated heterocycles. The highest BCUT2D eigenvalue weighted by Gasteiger charge is 2.20. The molecular formula is C15H19N3O. The summed E-state index contributed by atoms with van der Waals surface area (Å²) in [6.45, 7) is 5.27. The van der Waals surface area contributed by atoms with Gasteiger partial charge in [-0.25, -0.2) is 0 Å². The van der Waals surface area contributed by atoms with E-state index in [1.54, 1.807) is 6.92 Å². The molecular weight excluding hydrogens is 238 g/mol. The highest BCUT2D eigenvalue weighted by Crippen LogP contribution is 2.21. The lowest BCUT2D eigenvalue weighted by Gasteiger charge is -2.32. The van der Waals surface area contributed by atoms with E-state index in [9.17, 15) is 4.79 Å². The second kappa shape index (κ2) is 5.75. The first kappa shape index (κ1) is 13.4. The van der Waals surface area contributed by atoms with Crippen molar-refractivity contribution >= 4 is 11.6 Å². The van der Waals surface area contributed by atoms with Gasteiger partial charge in [0, 0.05) is 31.7 Å². The van der Waals surface area contributed by atoms with Crippen molar-refractivity contribution in [3.8, 4) is 6.07 Å². The summed E-state index contributed by atoms with van der Waals surface area (Å²) in [7, 11) is 0. The molecule has 0 saturated carbocycles. The zero-order valence-corrected chi connectivity index (χ0v) is 11.4. The Labute approximate surface area is 114 Å². The Morgan fingerprint density at radius 2 is 2.11 bits per heavy atom. The van der Waals surface area contributed by atoms with Gasteiger partial charge in [-0.3, -0.25) is 4.79 Å². The summed E-state index contributed by atoms with van der Waals surface area (Å²) in [5.41, 5.74) is 2.85. The number of likely N-dealkylation sites (tertiary alicyclic amines) is 1. The molecule has 0 aliphatic carbocycles. The van der Waals surface area contributed by atoms with E-state index in [0.717, 1.165) is 37.2 Å². The van der Waals surface area contributed by atoms with Crippen LogP contribution in [0.3, 0.4) is 0 Å². The van der Waals surface area contributed by atoms with Gasteiger partial charge in [-0.05, 0) is 37.5 Å². The van der Waals surface area contributed by atoms with Gasteiger partial charge >= 0.3 is 0 Å². The van der Waals surface area contributed by atoms with Crippen LogP contribution in [0.15, 0.2) is 18.2 Å². The molecule has 19 heavy (non-hydrogen) atoms. The van der Waals surface area contributed by atoms with Crippen LogP contribution >= 0.6 is 0 Å². The Kier molecular flexibility index (Phi) is 4.06. The lowest BCUT2D eigenvalue weighted by Crippen LogP contribution is -2.41. The number of nitrogens with one attached hydrogen (secondary N) is 1. The number of nitrogens with zero attached hydrogens (tertiary/aromatic N) is 2. The van der Waals surface area contributed by atoms with E-state index < -0.39 is 0 Å². The standard InChI is InChI=1S/C15H19N3O/c1-11-3-4-13(10-16)9-15(11)17-14-5-7-18(8-6-14)12(2)19/h3-4,9,14,17H,5-8H2,1-2H3. The van der Waals surface area contributed by atoms with Crippen LogP contribution in [0.5, 0.6) is 0 Å². The largest absolute Gasteiger partial charge is 0.382 e. The Morgan fingerprint density at radius 1 is 1.42 bits per heavy atom. The molecule has 0 radical (unpaired) electrons. The molecule has 2 rings (SSSR count). The van der Waals surface area contributed by atoms with Crippen molar-refractivity contribution in [3.63, 3.8) is 0 Å². The number of hydrogen-bond donors (Lipinski definition) is 1. The van der Waals surface area contributed by atoms with Gasteiger partial charge in [0.05, 0.1) is 11.6 Å². The lowest BCUT2D eigenvalue weighted by atomic mass is 10.0. The fourth-order valence-corrected chi connectivity index (χ4v) is 2.41. The molecule has 0 atom stereocenters. The fourth-order valence-electron chi connectivity index (χ4n) is 2.41. The predicted molar refractivity (Wildman–Crippen MR) is 74.8 cm³/mol. The summed E-state index contributed by atoms with van der Waals surface area (Å²) < 4.78 is 0. The molecule has 1 amide bonds. The summed E-state index contributed by atoms with van der Waals surface area (Å²) in [5, 5.41) is 12.4. The Bertz CT molecular complexity index is 511. The van der Waals surface area contributed by atoms with Crippen molar-refractivity contribution in [3.05, 3.63) is 29.3 Å². The van der Waals surface area contributed by atoms with E-state index in [2.05, 4.69) is 11.4 Å². The maximum absolute atomic E-state index is 11.3. The molecule has 4 nitrogen and oxygen atoms in total. The molecule has 0 bridgehead atoms. The third kappa shape index (κ3) is 3.25. The van der Waals surface area contributed by atoms with E-state index in [1.165, 1.54) is 0 Å². The number of carbonyl (C=O) groups excluding carboxylic acids is 1. The zero-order chi connectivity index (χ0) is 13.8. The van der Waals surface area contributed by atoms with Crippen molar-refractivity contribution in [1.82, 2.24) is 4.90 Å². The van der Waals surface area contributed by atoms with Crippen LogP contribution in [0.4, 0.5) is 5.69 Å². The topological polar surface area (TPSA) is 56.1 Å². The normalized spacial score (nSPS) is 15.9. The minimum absolute atomic E-state index is 0.154. The highest BCUT2D eigenvalue weighted by atomic mass is 16.2. The van der Waals surface area contributed by atoms with Gasteiger partial charge in [0.15, 0.2) is 0 Å². The molecule has 1 aliphatic rings. The van der Waals surface area contributed by atoms with Crippen molar-refractivity contribution in [2.24, 2.45) is 0 Å². The number of rotatable bonds is 2. The number of nitriles is 1. The van der Waals surface area contributed by atoms with Crippen LogP contribution in [0.2, 0.25) is 0 Å². The van der Waals surface area contributed by atoms with Crippen LogP contribution in [-0.2, 0) is 4.79 Å². The van der Waals surface area contributed by atoms with Gasteiger partial charge in [0.25, 0.3) is 0 Å². The summed E-state index contributed by atoms with van der Waals surface area (Å²) in [4.78, 5) is 13.2. The molecule has 100 valence electrons. The number of anilines is 1. The molecule has 1 heterocycles. The zero-order valence-electron chi connectivity index (χ0n) is 11.4. The summed E-state index contributed by atoms with van der Waals surface area (Å²) >= 11 is 0. The van der Waals surface area contributed by atoms with Gasteiger partial charge in [-0.2, -0.15) is 5.26 Å². The van der Waals surface area contributed by atoms with Crippen molar-refractivity contribution in [2.75, 3.05) is 18.4 Å². The Balaban J connectivity index is 1.99. The Hall–Kier alpha value is -2.02. The first-order valence-electron chi connectivity index (χ1n) is 6.63. The van der Waals surface area contributed by atoms with Crippen LogP contribution in [-0.4, -0.2) is 29.9 Å². The molecule has 0 spiro atoms. The van der Waals surface area contributed by atoms with Crippen LogP contribution < -0.4 is 5.32 Å². The van der Waals surface area contributed by atoms with E-state index in [0.29, 0.717) is 11.6 Å². The Morgan fingerprint density at radius 3 is 2.68 bits per heavy atom. The number of carbonyl (C=O) groups is 1. The molecule has 1 aromatic rings. The summed E-state index contributed by atoms with van der Waals surface area (Å²) in [5.74, 6) is 0.154. The number of aryl methyl sites for hydroxylation is 1. The average Bonchev–Trinajstić information content (AvgIpc) is 2.42. The van der Waals surface area contributed by atoms with Gasteiger partial charge in [-0.1, -0.05) is 6.07 Å². The van der Waals surface area contributed by atoms with Gasteiger partial charge in [0.2, 0.25) is 5.91 Å². The molecule has 0 unspecified atom stereocenters. The molecule has 4 heteroatoms. The number of hydrogen-bond acceptors (Lipinski definition) is 3. The second-order valence-corrected chi connectivity index (χ2v) is 5.07. The fraction of sp³-hybridized carbons (Fsp3) is 0.467. The molecule has 1 aromatic carbocycles. The minimum Gasteiger partial charge on any atom is -0.382 e. The molecule has 1 fully saturated rings. The van der Waals surface area contributed by atoms with Crippen molar-refractivity contribution < 1.29 is 4.79 Å². The number of benzene rings is 1. The smallest absolute Gasteiger partial charge is 0.219 e.